The van der Waals surface area contributed by atoms with Crippen molar-refractivity contribution in [3.63, 3.8) is 0 Å². The van der Waals surface area contributed by atoms with Crippen LogP contribution in [0.1, 0.15) is 11.1 Å². The lowest BCUT2D eigenvalue weighted by Crippen LogP contribution is -2.02. The number of hydrogen-bond acceptors (Lipinski definition) is 4. The van der Waals surface area contributed by atoms with Gasteiger partial charge in [-0.15, -0.1) is 0 Å². The van der Waals surface area contributed by atoms with Crippen molar-refractivity contribution in [1.82, 2.24) is 0 Å². The zero-order chi connectivity index (χ0) is 15.4. The molecule has 0 aliphatic carbocycles. The van der Waals surface area contributed by atoms with Crippen LogP contribution >= 0.6 is 11.6 Å². The quantitative estimate of drug-likeness (QED) is 0.665. The highest BCUT2D eigenvalue weighted by molar-refractivity contribution is 6.32. The number of ether oxygens (including phenoxy) is 1. The zero-order valence-electron chi connectivity index (χ0n) is 11.7. The van der Waals surface area contributed by atoms with Gasteiger partial charge in [0.1, 0.15) is 10.8 Å². The van der Waals surface area contributed by atoms with Crippen LogP contribution in [0.5, 0.6) is 5.75 Å². The number of halogens is 1. The van der Waals surface area contributed by atoms with Crippen molar-refractivity contribution in [2.45, 2.75) is 13.5 Å². The zero-order valence-corrected chi connectivity index (χ0v) is 12.5. The van der Waals surface area contributed by atoms with Crippen LogP contribution in [0.15, 0.2) is 36.4 Å². The second-order valence-corrected chi connectivity index (χ2v) is 5.00. The topological polar surface area (TPSA) is 64.4 Å². The first kappa shape index (κ1) is 15.1. The summed E-state index contributed by atoms with van der Waals surface area (Å²) in [6, 6.07) is 10.5. The number of hydrogen-bond donors (Lipinski definition) is 1. The maximum atomic E-state index is 10.7. The molecule has 2 rings (SSSR count). The smallest absolute Gasteiger partial charge is 0.288 e. The van der Waals surface area contributed by atoms with Crippen LogP contribution in [0.2, 0.25) is 5.02 Å². The first-order valence-electron chi connectivity index (χ1n) is 6.32. The van der Waals surface area contributed by atoms with Crippen LogP contribution in [0, 0.1) is 17.0 Å². The standard InChI is InChI=1S/C15H15ClN2O3/c1-10-3-6-15(21-2)11(7-10)9-17-12-4-5-14(18(19)20)13(16)8-12/h3-8,17H,9H2,1-2H3. The molecule has 0 saturated carbocycles. The largest absolute Gasteiger partial charge is 0.496 e. The van der Waals surface area contributed by atoms with Gasteiger partial charge in [0.2, 0.25) is 0 Å². The Morgan fingerprint density at radius 2 is 2.05 bits per heavy atom. The van der Waals surface area contributed by atoms with E-state index in [1.807, 2.05) is 25.1 Å². The summed E-state index contributed by atoms with van der Waals surface area (Å²) in [5, 5.41) is 14.0. The van der Waals surface area contributed by atoms with Gasteiger partial charge in [0.05, 0.1) is 12.0 Å². The third-order valence-corrected chi connectivity index (χ3v) is 3.37. The Morgan fingerprint density at radius 1 is 1.29 bits per heavy atom. The van der Waals surface area contributed by atoms with E-state index in [0.29, 0.717) is 12.2 Å². The Balaban J connectivity index is 2.15. The first-order valence-corrected chi connectivity index (χ1v) is 6.70. The summed E-state index contributed by atoms with van der Waals surface area (Å²) in [5.74, 6) is 0.793. The van der Waals surface area contributed by atoms with E-state index < -0.39 is 4.92 Å². The van der Waals surface area contributed by atoms with E-state index >= 15 is 0 Å². The van der Waals surface area contributed by atoms with Gasteiger partial charge in [0, 0.05) is 23.9 Å². The van der Waals surface area contributed by atoms with Crippen LogP contribution in [0.4, 0.5) is 11.4 Å². The molecule has 0 bridgehead atoms. The summed E-state index contributed by atoms with van der Waals surface area (Å²) < 4.78 is 5.31. The third-order valence-electron chi connectivity index (χ3n) is 3.06. The van der Waals surface area contributed by atoms with Crippen molar-refractivity contribution in [2.75, 3.05) is 12.4 Å². The van der Waals surface area contributed by atoms with Crippen molar-refractivity contribution in [2.24, 2.45) is 0 Å². The molecule has 6 heteroatoms. The second-order valence-electron chi connectivity index (χ2n) is 4.59. The highest BCUT2D eigenvalue weighted by Crippen LogP contribution is 2.28. The van der Waals surface area contributed by atoms with Crippen molar-refractivity contribution >= 4 is 23.0 Å². The molecule has 0 aliphatic rings. The van der Waals surface area contributed by atoms with Gasteiger partial charge in [0.25, 0.3) is 5.69 Å². The minimum atomic E-state index is -0.504. The summed E-state index contributed by atoms with van der Waals surface area (Å²) >= 11 is 5.88. The number of anilines is 1. The van der Waals surface area contributed by atoms with E-state index in [9.17, 15) is 10.1 Å². The predicted octanol–water partition coefficient (Wildman–Crippen LogP) is 4.18. The minimum absolute atomic E-state index is 0.102. The van der Waals surface area contributed by atoms with Crippen LogP contribution in [-0.2, 0) is 6.54 Å². The minimum Gasteiger partial charge on any atom is -0.496 e. The summed E-state index contributed by atoms with van der Waals surface area (Å²) in [6.07, 6.45) is 0. The molecule has 21 heavy (non-hydrogen) atoms. The molecule has 0 amide bonds. The Labute approximate surface area is 127 Å². The van der Waals surface area contributed by atoms with Gasteiger partial charge in [0.15, 0.2) is 0 Å². The summed E-state index contributed by atoms with van der Waals surface area (Å²) in [4.78, 5) is 10.2. The lowest BCUT2D eigenvalue weighted by molar-refractivity contribution is -0.384. The SMILES string of the molecule is COc1ccc(C)cc1CNc1ccc([N+](=O)[O-])c(Cl)c1. The second kappa shape index (κ2) is 6.45. The van der Waals surface area contributed by atoms with Crippen LogP contribution < -0.4 is 10.1 Å². The maximum Gasteiger partial charge on any atom is 0.288 e. The lowest BCUT2D eigenvalue weighted by Gasteiger charge is -2.11. The molecular weight excluding hydrogens is 292 g/mol. The first-order chi connectivity index (χ1) is 10.0. The summed E-state index contributed by atoms with van der Waals surface area (Å²) in [7, 11) is 1.62. The monoisotopic (exact) mass is 306 g/mol. The van der Waals surface area contributed by atoms with Gasteiger partial charge in [-0.2, -0.15) is 0 Å². The number of nitro groups is 1. The Bertz CT molecular complexity index is 674. The fraction of sp³-hybridized carbons (Fsp3) is 0.200. The molecular formula is C15H15ClN2O3. The van der Waals surface area contributed by atoms with Gasteiger partial charge in [-0.05, 0) is 25.1 Å². The lowest BCUT2D eigenvalue weighted by atomic mass is 10.1. The van der Waals surface area contributed by atoms with E-state index in [2.05, 4.69) is 5.32 Å². The highest BCUT2D eigenvalue weighted by Gasteiger charge is 2.12. The molecule has 2 aromatic carbocycles. The molecule has 2 aromatic rings. The van der Waals surface area contributed by atoms with E-state index in [1.54, 1.807) is 19.2 Å². The molecule has 0 heterocycles. The van der Waals surface area contributed by atoms with Gasteiger partial charge >= 0.3 is 0 Å². The van der Waals surface area contributed by atoms with Crippen LogP contribution in [-0.4, -0.2) is 12.0 Å². The number of aryl methyl sites for hydroxylation is 1. The molecule has 5 nitrogen and oxygen atoms in total. The van der Waals surface area contributed by atoms with Crippen molar-refractivity contribution < 1.29 is 9.66 Å². The van der Waals surface area contributed by atoms with E-state index in [-0.39, 0.29) is 10.7 Å². The molecule has 0 fully saturated rings. The Kier molecular flexibility index (Phi) is 4.65. The number of benzene rings is 2. The van der Waals surface area contributed by atoms with Gasteiger partial charge in [-0.1, -0.05) is 29.3 Å². The Morgan fingerprint density at radius 3 is 2.67 bits per heavy atom. The van der Waals surface area contributed by atoms with Crippen molar-refractivity contribution in [1.29, 1.82) is 0 Å². The fourth-order valence-corrected chi connectivity index (χ4v) is 2.26. The maximum absolute atomic E-state index is 10.7. The normalized spacial score (nSPS) is 10.2. The molecule has 0 unspecified atom stereocenters. The van der Waals surface area contributed by atoms with E-state index in [1.165, 1.54) is 6.07 Å². The number of nitrogens with one attached hydrogen (secondary N) is 1. The van der Waals surface area contributed by atoms with Crippen LogP contribution in [0.25, 0.3) is 0 Å². The number of nitrogens with zero attached hydrogens (tertiary/aromatic N) is 1. The molecule has 0 saturated heterocycles. The number of methoxy groups -OCH3 is 1. The molecule has 0 atom stereocenters. The summed E-state index contributed by atoms with van der Waals surface area (Å²) in [5.41, 5.74) is 2.76. The highest BCUT2D eigenvalue weighted by atomic mass is 35.5. The summed E-state index contributed by atoms with van der Waals surface area (Å²) in [6.45, 7) is 2.55. The average molecular weight is 307 g/mol. The predicted molar refractivity (Wildman–Crippen MR) is 83.2 cm³/mol. The fourth-order valence-electron chi connectivity index (χ4n) is 2.01. The van der Waals surface area contributed by atoms with E-state index in [0.717, 1.165) is 16.9 Å². The molecule has 0 radical (unpaired) electrons. The molecule has 1 N–H and O–H groups in total. The number of rotatable bonds is 5. The van der Waals surface area contributed by atoms with Gasteiger partial charge in [-0.3, -0.25) is 10.1 Å². The van der Waals surface area contributed by atoms with Crippen molar-refractivity contribution in [3.05, 3.63) is 62.7 Å². The Hall–Kier alpha value is -2.27. The van der Waals surface area contributed by atoms with Gasteiger partial charge in [-0.25, -0.2) is 0 Å². The molecule has 0 spiro atoms. The van der Waals surface area contributed by atoms with Gasteiger partial charge < -0.3 is 10.1 Å². The average Bonchev–Trinajstić information content (AvgIpc) is 2.45. The molecule has 110 valence electrons. The molecule has 0 aliphatic heterocycles. The number of nitro benzene ring substituents is 1. The van der Waals surface area contributed by atoms with Crippen molar-refractivity contribution in [3.8, 4) is 5.75 Å². The molecule has 0 aromatic heterocycles. The van der Waals surface area contributed by atoms with Crippen LogP contribution in [0.3, 0.4) is 0 Å². The van der Waals surface area contributed by atoms with E-state index in [4.69, 9.17) is 16.3 Å². The third kappa shape index (κ3) is 3.64.